The van der Waals surface area contributed by atoms with E-state index in [-0.39, 0.29) is 30.8 Å². The van der Waals surface area contributed by atoms with E-state index in [1.807, 2.05) is 4.90 Å². The van der Waals surface area contributed by atoms with Gasteiger partial charge in [0.25, 0.3) is 0 Å². The van der Waals surface area contributed by atoms with E-state index in [1.165, 1.54) is 4.90 Å². The van der Waals surface area contributed by atoms with Crippen molar-refractivity contribution >= 4 is 34.9 Å². The van der Waals surface area contributed by atoms with Crippen LogP contribution in [0, 0.1) is 0 Å². The fraction of sp³-hybridized carbons (Fsp3) is 0.263. The van der Waals surface area contributed by atoms with Crippen molar-refractivity contribution in [3.05, 3.63) is 53.1 Å². The first kappa shape index (κ1) is 18.8. The molecule has 0 bridgehead atoms. The Balaban J connectivity index is 1.65. The lowest BCUT2D eigenvalue weighted by Gasteiger charge is -2.29. The number of carbonyl (C=O) groups is 2. The van der Waals surface area contributed by atoms with Gasteiger partial charge in [0.1, 0.15) is 5.75 Å². The molecule has 1 aliphatic heterocycles. The predicted octanol–water partition coefficient (Wildman–Crippen LogP) is 2.65. The molecule has 27 heavy (non-hydrogen) atoms. The van der Waals surface area contributed by atoms with Crippen molar-refractivity contribution in [2.75, 3.05) is 36.9 Å². The molecule has 8 heteroatoms. The quantitative estimate of drug-likeness (QED) is 0.751. The van der Waals surface area contributed by atoms with Gasteiger partial charge in [0, 0.05) is 31.4 Å². The molecule has 1 fully saturated rings. The van der Waals surface area contributed by atoms with E-state index in [0.717, 1.165) is 5.69 Å². The first-order valence-corrected chi connectivity index (χ1v) is 8.92. The summed E-state index contributed by atoms with van der Waals surface area (Å²) >= 11 is 6.35. The number of benzene rings is 2. The van der Waals surface area contributed by atoms with Crippen LogP contribution in [0.1, 0.15) is 5.56 Å². The summed E-state index contributed by atoms with van der Waals surface area (Å²) in [5, 5.41) is 15.9. The molecule has 0 spiro atoms. The Hall–Kier alpha value is -2.93. The van der Waals surface area contributed by atoms with Crippen LogP contribution >= 0.6 is 11.6 Å². The van der Waals surface area contributed by atoms with E-state index >= 15 is 0 Å². The summed E-state index contributed by atoms with van der Waals surface area (Å²) in [5.41, 5.74) is 1.97. The van der Waals surface area contributed by atoms with E-state index in [2.05, 4.69) is 10.6 Å². The summed E-state index contributed by atoms with van der Waals surface area (Å²) in [7, 11) is 1.64. The number of phenols is 1. The van der Waals surface area contributed by atoms with Crippen molar-refractivity contribution in [1.82, 2.24) is 10.2 Å². The molecule has 0 radical (unpaired) electrons. The van der Waals surface area contributed by atoms with Crippen LogP contribution in [0.15, 0.2) is 42.5 Å². The number of halogens is 1. The Morgan fingerprint density at radius 3 is 2.81 bits per heavy atom. The molecule has 0 atom stereocenters. The summed E-state index contributed by atoms with van der Waals surface area (Å²) < 4.78 is 0. The Bertz CT molecular complexity index is 859. The molecule has 3 rings (SSSR count). The van der Waals surface area contributed by atoms with Crippen LogP contribution in [0.2, 0.25) is 5.02 Å². The molecule has 2 aromatic carbocycles. The van der Waals surface area contributed by atoms with Gasteiger partial charge < -0.3 is 25.5 Å². The van der Waals surface area contributed by atoms with E-state index < -0.39 is 0 Å². The molecular weight excluding hydrogens is 368 g/mol. The van der Waals surface area contributed by atoms with E-state index in [1.54, 1.807) is 49.5 Å². The Labute approximate surface area is 162 Å². The third-order valence-corrected chi connectivity index (χ3v) is 4.63. The molecule has 1 aliphatic rings. The average Bonchev–Trinajstić information content (AvgIpc) is 2.63. The first-order valence-electron chi connectivity index (χ1n) is 8.54. The molecule has 0 saturated carbocycles. The number of anilines is 2. The van der Waals surface area contributed by atoms with E-state index in [9.17, 15) is 14.7 Å². The van der Waals surface area contributed by atoms with Gasteiger partial charge in [0.05, 0.1) is 23.8 Å². The molecule has 1 heterocycles. The summed E-state index contributed by atoms with van der Waals surface area (Å²) in [6.07, 6.45) is 0. The summed E-state index contributed by atoms with van der Waals surface area (Å²) in [5.74, 6) is 0.107. The molecule has 0 aliphatic carbocycles. The number of nitrogens with one attached hydrogen (secondary N) is 2. The standard InChI is InChI=1S/C19H21ClN4O3/c1-23(11-13-4-2-3-5-17(13)25)19(27)22-14-6-7-16(15(20)10-14)24-9-8-21-18(26)12-24/h2-7,10,25H,8-9,11-12H2,1H3,(H,21,26)(H,22,27). The summed E-state index contributed by atoms with van der Waals surface area (Å²) in [6.45, 7) is 1.78. The number of nitrogens with zero attached hydrogens (tertiary/aromatic N) is 2. The minimum absolute atomic E-state index is 0.0412. The number of hydrogen-bond acceptors (Lipinski definition) is 4. The van der Waals surface area contributed by atoms with Crippen molar-refractivity contribution < 1.29 is 14.7 Å². The van der Waals surface area contributed by atoms with Crippen LogP contribution < -0.4 is 15.5 Å². The van der Waals surface area contributed by atoms with Crippen molar-refractivity contribution in [3.63, 3.8) is 0 Å². The second kappa shape index (κ2) is 8.18. The monoisotopic (exact) mass is 388 g/mol. The molecule has 7 nitrogen and oxygen atoms in total. The lowest BCUT2D eigenvalue weighted by molar-refractivity contribution is -0.120. The highest BCUT2D eigenvalue weighted by Crippen LogP contribution is 2.29. The van der Waals surface area contributed by atoms with Gasteiger partial charge in [0.15, 0.2) is 0 Å². The lowest BCUT2D eigenvalue weighted by Crippen LogP contribution is -2.47. The van der Waals surface area contributed by atoms with Gasteiger partial charge in [-0.2, -0.15) is 0 Å². The van der Waals surface area contributed by atoms with Crippen LogP contribution in [-0.2, 0) is 11.3 Å². The highest BCUT2D eigenvalue weighted by atomic mass is 35.5. The summed E-state index contributed by atoms with van der Waals surface area (Å²) in [6, 6.07) is 11.8. The SMILES string of the molecule is CN(Cc1ccccc1O)C(=O)Nc1ccc(N2CCNC(=O)C2)c(Cl)c1. The molecule has 3 amide bonds. The van der Waals surface area contributed by atoms with Crippen LogP contribution in [0.4, 0.5) is 16.2 Å². The van der Waals surface area contributed by atoms with Gasteiger partial charge in [-0.15, -0.1) is 0 Å². The van der Waals surface area contributed by atoms with E-state index in [4.69, 9.17) is 11.6 Å². The smallest absolute Gasteiger partial charge is 0.321 e. The highest BCUT2D eigenvalue weighted by Gasteiger charge is 2.19. The number of amides is 3. The van der Waals surface area contributed by atoms with Crippen LogP contribution in [-0.4, -0.2) is 48.6 Å². The lowest BCUT2D eigenvalue weighted by atomic mass is 10.2. The molecule has 1 saturated heterocycles. The maximum Gasteiger partial charge on any atom is 0.321 e. The number of para-hydroxylation sites is 1. The minimum Gasteiger partial charge on any atom is -0.508 e. The zero-order valence-electron chi connectivity index (χ0n) is 14.9. The second-order valence-corrected chi connectivity index (χ2v) is 6.76. The number of urea groups is 1. The van der Waals surface area contributed by atoms with Crippen LogP contribution in [0.3, 0.4) is 0 Å². The topological polar surface area (TPSA) is 84.9 Å². The molecule has 0 unspecified atom stereocenters. The number of hydrogen-bond donors (Lipinski definition) is 3. The van der Waals surface area contributed by atoms with Crippen molar-refractivity contribution in [2.24, 2.45) is 0 Å². The zero-order valence-corrected chi connectivity index (χ0v) is 15.7. The third kappa shape index (κ3) is 4.62. The molecule has 3 N–H and O–H groups in total. The Morgan fingerprint density at radius 1 is 1.33 bits per heavy atom. The zero-order chi connectivity index (χ0) is 19.4. The highest BCUT2D eigenvalue weighted by molar-refractivity contribution is 6.33. The largest absolute Gasteiger partial charge is 0.508 e. The number of aromatic hydroxyl groups is 1. The van der Waals surface area contributed by atoms with Crippen molar-refractivity contribution in [3.8, 4) is 5.75 Å². The maximum atomic E-state index is 12.4. The van der Waals surface area contributed by atoms with Gasteiger partial charge in [-0.25, -0.2) is 4.79 Å². The van der Waals surface area contributed by atoms with Crippen LogP contribution in [0.5, 0.6) is 5.75 Å². The second-order valence-electron chi connectivity index (χ2n) is 6.35. The third-order valence-electron chi connectivity index (χ3n) is 4.32. The molecular formula is C19H21ClN4O3. The normalized spacial score (nSPS) is 13.9. The number of phenolic OH excluding ortho intramolecular Hbond substituents is 1. The first-order chi connectivity index (χ1) is 12.9. The average molecular weight is 389 g/mol. The maximum absolute atomic E-state index is 12.4. The number of piperazine rings is 1. The molecule has 0 aromatic heterocycles. The fourth-order valence-electron chi connectivity index (χ4n) is 2.88. The fourth-order valence-corrected chi connectivity index (χ4v) is 3.18. The van der Waals surface area contributed by atoms with Crippen molar-refractivity contribution in [2.45, 2.75) is 6.54 Å². The number of carbonyl (C=O) groups excluding carboxylic acids is 2. The molecule has 2 aromatic rings. The van der Waals surface area contributed by atoms with Gasteiger partial charge in [0.2, 0.25) is 5.91 Å². The van der Waals surface area contributed by atoms with Gasteiger partial charge in [-0.1, -0.05) is 29.8 Å². The molecule has 142 valence electrons. The van der Waals surface area contributed by atoms with Gasteiger partial charge >= 0.3 is 6.03 Å². The van der Waals surface area contributed by atoms with Crippen molar-refractivity contribution in [1.29, 1.82) is 0 Å². The minimum atomic E-state index is -0.320. The van der Waals surface area contributed by atoms with Gasteiger partial charge in [-0.3, -0.25) is 4.79 Å². The Morgan fingerprint density at radius 2 is 2.11 bits per heavy atom. The van der Waals surface area contributed by atoms with E-state index in [0.29, 0.717) is 29.4 Å². The predicted molar refractivity (Wildman–Crippen MR) is 105 cm³/mol. The van der Waals surface area contributed by atoms with Crippen LogP contribution in [0.25, 0.3) is 0 Å². The summed E-state index contributed by atoms with van der Waals surface area (Å²) in [4.78, 5) is 27.3. The number of rotatable bonds is 4. The van der Waals surface area contributed by atoms with Gasteiger partial charge in [-0.05, 0) is 24.3 Å². The Kier molecular flexibility index (Phi) is 5.71.